The first-order valence-electron chi connectivity index (χ1n) is 9.47. The van der Waals surface area contributed by atoms with E-state index >= 15 is 0 Å². The maximum atomic E-state index is 12.2. The van der Waals surface area contributed by atoms with Gasteiger partial charge in [-0.3, -0.25) is 9.52 Å². The van der Waals surface area contributed by atoms with Crippen molar-refractivity contribution < 1.29 is 16.1 Å². The smallest absolute Gasteiger partial charge is 0.263 e. The monoisotopic (exact) mass is 448 g/mol. The van der Waals surface area contributed by atoms with Crippen LogP contribution in [-0.4, -0.2) is 25.9 Å². The van der Waals surface area contributed by atoms with E-state index in [4.69, 9.17) is 5.73 Å². The van der Waals surface area contributed by atoms with Crippen molar-refractivity contribution in [3.63, 3.8) is 0 Å². The van der Waals surface area contributed by atoms with Gasteiger partial charge >= 0.3 is 0 Å². The summed E-state index contributed by atoms with van der Waals surface area (Å²) in [7, 11) is -3.64. The van der Waals surface area contributed by atoms with E-state index in [0.717, 1.165) is 12.1 Å². The molecule has 1 fully saturated rings. The maximum absolute atomic E-state index is 12.2. The van der Waals surface area contributed by atoms with Gasteiger partial charge in [0.2, 0.25) is 5.91 Å². The first kappa shape index (κ1) is 21.9. The number of nitrogens with zero attached hydrogens (tertiary/aromatic N) is 2. The Morgan fingerprint density at radius 3 is 2.53 bits per heavy atom. The molecule has 0 atom stereocenters. The molecule has 0 bridgehead atoms. The summed E-state index contributed by atoms with van der Waals surface area (Å²) in [6.07, 6.45) is 2.92. The first-order valence-corrected chi connectivity index (χ1v) is 11.8. The number of nitrogens with one attached hydrogen (secondary N) is 1. The number of carbonyl (C=O) groups is 1. The molecule has 0 unspecified atom stereocenters. The van der Waals surface area contributed by atoms with E-state index in [0.29, 0.717) is 24.6 Å². The summed E-state index contributed by atoms with van der Waals surface area (Å²) in [4.78, 5) is 17.4. The van der Waals surface area contributed by atoms with Gasteiger partial charge in [-0.25, -0.2) is 13.4 Å². The van der Waals surface area contributed by atoms with E-state index in [1.54, 1.807) is 22.4 Å². The number of hydrogen-bond acceptors (Lipinski definition) is 6. The molecular weight excluding hydrogens is 420 g/mol. The number of amides is 1. The zero-order valence-corrected chi connectivity index (χ0v) is 18.2. The van der Waals surface area contributed by atoms with E-state index in [1.165, 1.54) is 40.8 Å². The average molecular weight is 449 g/mol. The highest BCUT2D eigenvalue weighted by Crippen LogP contribution is 2.24. The highest BCUT2D eigenvalue weighted by atomic mass is 32.2. The molecule has 1 saturated heterocycles. The van der Waals surface area contributed by atoms with Crippen molar-refractivity contribution in [2.75, 3.05) is 16.2 Å². The van der Waals surface area contributed by atoms with Crippen LogP contribution < -0.4 is 15.4 Å². The summed E-state index contributed by atoms with van der Waals surface area (Å²) in [6, 6.07) is 14.5. The number of anilines is 2. The lowest BCUT2D eigenvalue weighted by Crippen LogP contribution is -2.23. The molecule has 4 rings (SSSR count). The number of nitrogens with two attached hydrogens (primary N) is 1. The molecule has 1 aliphatic rings. The number of aromatic nitrogens is 1. The minimum Gasteiger partial charge on any atom is -0.326 e. The van der Waals surface area contributed by atoms with Gasteiger partial charge in [0.1, 0.15) is 0 Å². The van der Waals surface area contributed by atoms with Crippen LogP contribution in [0.1, 0.15) is 26.8 Å². The Kier molecular flexibility index (Phi) is 7.20. The Morgan fingerprint density at radius 2 is 2.00 bits per heavy atom. The van der Waals surface area contributed by atoms with Crippen LogP contribution in [-0.2, 0) is 21.4 Å². The van der Waals surface area contributed by atoms with Crippen molar-refractivity contribution in [1.29, 1.82) is 0 Å². The number of sulfonamides is 1. The predicted molar refractivity (Wildman–Crippen MR) is 124 cm³/mol. The normalized spacial score (nSPS) is 13.7. The quantitative estimate of drug-likeness (QED) is 0.613. The molecule has 1 amide bonds. The number of carbonyl (C=O) groups excluding carboxylic acids is 1. The van der Waals surface area contributed by atoms with Crippen LogP contribution in [0.4, 0.5) is 10.8 Å². The highest BCUT2D eigenvalue weighted by molar-refractivity contribution is 7.93. The number of benzene rings is 2. The van der Waals surface area contributed by atoms with Crippen LogP contribution in [0.2, 0.25) is 0 Å². The molecule has 162 valence electrons. The van der Waals surface area contributed by atoms with Crippen molar-refractivity contribution in [3.05, 3.63) is 71.2 Å². The third-order valence-corrected chi connectivity index (χ3v) is 6.68. The van der Waals surface area contributed by atoms with Crippen molar-refractivity contribution in [2.45, 2.75) is 31.2 Å². The third-order valence-electron chi connectivity index (χ3n) is 4.50. The molecule has 2 aromatic carbocycles. The molecule has 1 aliphatic heterocycles. The van der Waals surface area contributed by atoms with Gasteiger partial charge in [-0.2, -0.15) is 0 Å². The number of thiazole rings is 1. The molecule has 0 aliphatic carbocycles. The third kappa shape index (κ3) is 5.65. The molecule has 2 heterocycles. The van der Waals surface area contributed by atoms with Crippen molar-refractivity contribution >= 4 is 38.1 Å². The Bertz CT molecular complexity index is 1090. The van der Waals surface area contributed by atoms with Gasteiger partial charge < -0.3 is 10.6 Å². The number of aryl methyl sites for hydroxylation is 1. The van der Waals surface area contributed by atoms with Crippen molar-refractivity contribution in [1.82, 2.24) is 4.98 Å². The summed E-state index contributed by atoms with van der Waals surface area (Å²) >= 11 is 1.21. The van der Waals surface area contributed by atoms with E-state index < -0.39 is 10.0 Å². The Hall–Kier alpha value is -2.75. The fourth-order valence-corrected chi connectivity index (χ4v) is 4.80. The average Bonchev–Trinajstić information content (AvgIpc) is 3.40. The summed E-state index contributed by atoms with van der Waals surface area (Å²) in [6.45, 7) is 3.39. The fraction of sp³-hybridized carbons (Fsp3) is 0.238. The lowest BCUT2D eigenvalue weighted by Gasteiger charge is -2.16. The number of hydrogen-bond donors (Lipinski definition) is 2. The van der Waals surface area contributed by atoms with Crippen LogP contribution in [0.5, 0.6) is 0 Å². The van der Waals surface area contributed by atoms with Crippen molar-refractivity contribution in [2.24, 2.45) is 5.73 Å². The van der Waals surface area contributed by atoms with E-state index in [2.05, 4.69) is 28.8 Å². The summed E-state index contributed by atoms with van der Waals surface area (Å²) in [5, 5.41) is 2.02. The molecule has 7 nitrogen and oxygen atoms in total. The Morgan fingerprint density at radius 1 is 1.23 bits per heavy atom. The topological polar surface area (TPSA) is 105 Å². The van der Waals surface area contributed by atoms with E-state index in [9.17, 15) is 13.2 Å². The molecule has 0 saturated carbocycles. The minimum atomic E-state index is -3.64. The van der Waals surface area contributed by atoms with Crippen molar-refractivity contribution in [3.8, 4) is 0 Å². The number of rotatable bonds is 5. The van der Waals surface area contributed by atoms with Gasteiger partial charge in [-0.05, 0) is 43.2 Å². The van der Waals surface area contributed by atoms with Gasteiger partial charge in [0.25, 0.3) is 10.0 Å². The van der Waals surface area contributed by atoms with Gasteiger partial charge in [0, 0.05) is 39.6 Å². The highest BCUT2D eigenvalue weighted by Gasteiger charge is 2.22. The lowest BCUT2D eigenvalue weighted by molar-refractivity contribution is -0.117. The van der Waals surface area contributed by atoms with E-state index in [-0.39, 0.29) is 13.7 Å². The standard InChI is InChI=1S/C13H13N3O3S2.C8H11N.2H2/c17-12-2-1-8-16(12)10-3-5-11(6-4-10)21(18,19)15-13-14-7-9-20-13;1-7-3-2-4-8(5-7)6-9;;/h3-7,9H,1-2,8H2,(H,14,15);2-5H,6,9H2,1H3;2*1H. The largest absolute Gasteiger partial charge is 0.326 e. The SMILES string of the molecule is Cc1cccc(CN)c1.O=C1CCCN1c1ccc(S(=O)(=O)Nc2nccs2)cc1.[HH].[HH]. The molecule has 0 spiro atoms. The molecule has 0 radical (unpaired) electrons. The summed E-state index contributed by atoms with van der Waals surface area (Å²) in [5.41, 5.74) is 8.63. The molecule has 1 aromatic heterocycles. The predicted octanol–water partition coefficient (Wildman–Crippen LogP) is 4.02. The van der Waals surface area contributed by atoms with Crippen LogP contribution in [0.3, 0.4) is 0 Å². The Balaban J connectivity index is 0.000000397. The van der Waals surface area contributed by atoms with Crippen LogP contribution in [0.15, 0.2) is 65.0 Å². The zero-order valence-electron chi connectivity index (χ0n) is 16.6. The lowest BCUT2D eigenvalue weighted by atomic mass is 10.1. The second-order valence-corrected chi connectivity index (χ2v) is 9.36. The molecule has 30 heavy (non-hydrogen) atoms. The van der Waals surface area contributed by atoms with Gasteiger partial charge in [0.15, 0.2) is 5.13 Å². The second-order valence-electron chi connectivity index (χ2n) is 6.78. The molecule has 3 N–H and O–H groups in total. The van der Waals surface area contributed by atoms with Crippen LogP contribution in [0, 0.1) is 6.92 Å². The summed E-state index contributed by atoms with van der Waals surface area (Å²) < 4.78 is 26.8. The molecule has 9 heteroatoms. The minimum absolute atomic E-state index is 0. The molecular formula is C21H28N4O3S2. The van der Waals surface area contributed by atoms with Gasteiger partial charge in [-0.15, -0.1) is 11.3 Å². The van der Waals surface area contributed by atoms with Crippen LogP contribution >= 0.6 is 11.3 Å². The zero-order chi connectivity index (χ0) is 21.6. The molecule has 3 aromatic rings. The van der Waals surface area contributed by atoms with Crippen LogP contribution in [0.25, 0.3) is 0 Å². The summed E-state index contributed by atoms with van der Waals surface area (Å²) in [5.74, 6) is 0.0755. The fourth-order valence-electron chi connectivity index (χ4n) is 3.01. The van der Waals surface area contributed by atoms with Gasteiger partial charge in [-0.1, -0.05) is 29.8 Å². The van der Waals surface area contributed by atoms with Gasteiger partial charge in [0.05, 0.1) is 4.90 Å². The Labute approximate surface area is 183 Å². The maximum Gasteiger partial charge on any atom is 0.263 e. The first-order chi connectivity index (χ1) is 14.4. The van der Waals surface area contributed by atoms with E-state index in [1.807, 2.05) is 12.1 Å². The second kappa shape index (κ2) is 9.84.